The van der Waals surface area contributed by atoms with Crippen LogP contribution in [-0.4, -0.2) is 30.5 Å². The summed E-state index contributed by atoms with van der Waals surface area (Å²) in [6.45, 7) is 4.61. The second-order valence-electron chi connectivity index (χ2n) is 7.45. The summed E-state index contributed by atoms with van der Waals surface area (Å²) in [4.78, 5) is 23.1. The molecule has 0 atom stereocenters. The standard InChI is InChI=1S/C16H16N2O4.C10H22O/c1-2-21-15(19)18-13-9-6-10-14(11-13)22-16(20)17-12-7-4-3-5-8-12;1-2-3-4-5-6-7-8-9-10-11/h3-11H,2H2,1H3,(H,17,20)(H,18,19);11H,2-10H2,1H3. The number of unbranched alkanes of at least 4 members (excludes halogenated alkanes) is 7. The predicted octanol–water partition coefficient (Wildman–Crippen LogP) is 6.99. The van der Waals surface area contributed by atoms with Gasteiger partial charge in [0.05, 0.1) is 6.61 Å². The lowest BCUT2D eigenvalue weighted by Crippen LogP contribution is -2.17. The molecule has 2 aromatic carbocycles. The lowest BCUT2D eigenvalue weighted by Gasteiger charge is -2.09. The SMILES string of the molecule is CCCCCCCCCCO.CCOC(=O)Nc1cccc(OC(=O)Nc2ccccc2)c1. The Morgan fingerprint density at radius 3 is 2.00 bits per heavy atom. The van der Waals surface area contributed by atoms with Gasteiger partial charge >= 0.3 is 12.2 Å². The molecule has 0 aliphatic heterocycles. The number of carbonyl (C=O) groups is 2. The van der Waals surface area contributed by atoms with Crippen LogP contribution in [0.25, 0.3) is 0 Å². The summed E-state index contributed by atoms with van der Waals surface area (Å²) in [6.07, 6.45) is 9.21. The van der Waals surface area contributed by atoms with Crippen LogP contribution in [0.1, 0.15) is 65.2 Å². The summed E-state index contributed by atoms with van der Waals surface area (Å²) < 4.78 is 9.93. The van der Waals surface area contributed by atoms with Gasteiger partial charge in [0.1, 0.15) is 5.75 Å². The van der Waals surface area contributed by atoms with Crippen LogP contribution in [0.4, 0.5) is 21.0 Å². The van der Waals surface area contributed by atoms with Gasteiger partial charge in [0.15, 0.2) is 0 Å². The molecule has 0 aliphatic rings. The summed E-state index contributed by atoms with van der Waals surface area (Å²) in [5.74, 6) is 0.308. The fourth-order valence-electron chi connectivity index (χ4n) is 2.94. The van der Waals surface area contributed by atoms with Crippen molar-refractivity contribution in [2.24, 2.45) is 0 Å². The summed E-state index contributed by atoms with van der Waals surface area (Å²) in [5, 5.41) is 13.6. The van der Waals surface area contributed by atoms with Crippen molar-refractivity contribution in [3.63, 3.8) is 0 Å². The summed E-state index contributed by atoms with van der Waals surface area (Å²) in [7, 11) is 0. The van der Waals surface area contributed by atoms with Crippen molar-refractivity contribution in [1.29, 1.82) is 0 Å². The van der Waals surface area contributed by atoms with Gasteiger partial charge in [0.2, 0.25) is 0 Å². The van der Waals surface area contributed by atoms with Crippen molar-refractivity contribution in [3.8, 4) is 5.75 Å². The van der Waals surface area contributed by atoms with Gasteiger partial charge < -0.3 is 14.6 Å². The van der Waals surface area contributed by atoms with E-state index in [-0.39, 0.29) is 6.61 Å². The zero-order valence-corrected chi connectivity index (χ0v) is 19.8. The van der Waals surface area contributed by atoms with E-state index >= 15 is 0 Å². The molecule has 0 bridgehead atoms. The first-order valence-electron chi connectivity index (χ1n) is 11.8. The Morgan fingerprint density at radius 1 is 0.758 bits per heavy atom. The molecule has 2 rings (SSSR count). The van der Waals surface area contributed by atoms with Crippen LogP contribution >= 0.6 is 0 Å². The number of carbonyl (C=O) groups excluding carboxylic acids is 2. The molecule has 182 valence electrons. The summed E-state index contributed by atoms with van der Waals surface area (Å²) in [6, 6.07) is 15.4. The van der Waals surface area contributed by atoms with Crippen molar-refractivity contribution >= 4 is 23.6 Å². The van der Waals surface area contributed by atoms with Crippen LogP contribution in [0.2, 0.25) is 0 Å². The number of anilines is 2. The fourth-order valence-corrected chi connectivity index (χ4v) is 2.94. The highest BCUT2D eigenvalue weighted by atomic mass is 16.6. The second kappa shape index (κ2) is 18.5. The number of para-hydroxylation sites is 1. The number of nitrogens with one attached hydrogen (secondary N) is 2. The molecule has 2 amide bonds. The average molecular weight is 459 g/mol. The van der Waals surface area contributed by atoms with Gasteiger partial charge in [-0.3, -0.25) is 10.6 Å². The third kappa shape index (κ3) is 14.6. The van der Waals surface area contributed by atoms with Crippen molar-refractivity contribution in [3.05, 3.63) is 54.6 Å². The van der Waals surface area contributed by atoms with Crippen LogP contribution in [-0.2, 0) is 4.74 Å². The molecule has 0 heterocycles. The van der Waals surface area contributed by atoms with Crippen molar-refractivity contribution in [2.45, 2.75) is 65.2 Å². The molecule has 3 N–H and O–H groups in total. The van der Waals surface area contributed by atoms with Crippen molar-refractivity contribution in [2.75, 3.05) is 23.8 Å². The highest BCUT2D eigenvalue weighted by Gasteiger charge is 2.07. The van der Waals surface area contributed by atoms with Crippen LogP contribution in [0.5, 0.6) is 5.75 Å². The van der Waals surface area contributed by atoms with Gasteiger partial charge in [-0.05, 0) is 37.6 Å². The Balaban J connectivity index is 0.000000420. The molecule has 2 aromatic rings. The van der Waals surface area contributed by atoms with Gasteiger partial charge in [-0.15, -0.1) is 0 Å². The first-order chi connectivity index (χ1) is 16.1. The molecular formula is C26H38N2O5. The monoisotopic (exact) mass is 458 g/mol. The maximum Gasteiger partial charge on any atom is 0.417 e. The Morgan fingerprint density at radius 2 is 1.36 bits per heavy atom. The normalized spacial score (nSPS) is 9.91. The summed E-state index contributed by atoms with van der Waals surface area (Å²) in [5.41, 5.74) is 1.11. The number of hydrogen-bond donors (Lipinski definition) is 3. The largest absolute Gasteiger partial charge is 0.450 e. The smallest absolute Gasteiger partial charge is 0.417 e. The van der Waals surface area contributed by atoms with Crippen LogP contribution in [0.15, 0.2) is 54.6 Å². The van der Waals surface area contributed by atoms with E-state index in [1.807, 2.05) is 6.07 Å². The fraction of sp³-hybridized carbons (Fsp3) is 0.462. The average Bonchev–Trinajstić information content (AvgIpc) is 2.80. The maximum absolute atomic E-state index is 11.8. The van der Waals surface area contributed by atoms with Crippen LogP contribution in [0, 0.1) is 0 Å². The molecule has 0 unspecified atom stereocenters. The van der Waals surface area contributed by atoms with Crippen LogP contribution in [0.3, 0.4) is 0 Å². The predicted molar refractivity (Wildman–Crippen MR) is 133 cm³/mol. The number of benzene rings is 2. The minimum Gasteiger partial charge on any atom is -0.450 e. The van der Waals surface area contributed by atoms with Gasteiger partial charge in [-0.1, -0.05) is 76.1 Å². The van der Waals surface area contributed by atoms with Gasteiger partial charge in [-0.25, -0.2) is 9.59 Å². The topological polar surface area (TPSA) is 96.9 Å². The Labute approximate surface area is 197 Å². The molecule has 0 saturated carbocycles. The van der Waals surface area contributed by atoms with Gasteiger partial charge in [0, 0.05) is 24.0 Å². The maximum atomic E-state index is 11.8. The number of aliphatic hydroxyl groups excluding tert-OH is 1. The van der Waals surface area contributed by atoms with Crippen molar-refractivity contribution in [1.82, 2.24) is 0 Å². The molecule has 0 spiro atoms. The lowest BCUT2D eigenvalue weighted by molar-refractivity contribution is 0.168. The molecule has 7 nitrogen and oxygen atoms in total. The van der Waals surface area contributed by atoms with E-state index in [1.54, 1.807) is 49.4 Å². The molecule has 0 fully saturated rings. The first kappa shape index (κ1) is 28.0. The first-order valence-corrected chi connectivity index (χ1v) is 11.8. The molecule has 0 aliphatic carbocycles. The number of rotatable bonds is 12. The van der Waals surface area contributed by atoms with Gasteiger partial charge in [-0.2, -0.15) is 0 Å². The minimum atomic E-state index is -0.612. The van der Waals surface area contributed by atoms with Crippen molar-refractivity contribution < 1.29 is 24.2 Å². The summed E-state index contributed by atoms with van der Waals surface area (Å²) >= 11 is 0. The van der Waals surface area contributed by atoms with E-state index in [0.29, 0.717) is 23.7 Å². The highest BCUT2D eigenvalue weighted by Crippen LogP contribution is 2.18. The minimum absolute atomic E-state index is 0.279. The third-order valence-electron chi connectivity index (χ3n) is 4.60. The van der Waals surface area contributed by atoms with E-state index in [1.165, 1.54) is 51.0 Å². The van der Waals surface area contributed by atoms with E-state index in [9.17, 15) is 9.59 Å². The molecule has 0 radical (unpaired) electrons. The number of ether oxygens (including phenoxy) is 2. The molecule has 0 aromatic heterocycles. The second-order valence-corrected chi connectivity index (χ2v) is 7.45. The zero-order chi connectivity index (χ0) is 24.2. The van der Waals surface area contributed by atoms with E-state index in [4.69, 9.17) is 14.6 Å². The van der Waals surface area contributed by atoms with E-state index < -0.39 is 12.2 Å². The number of aliphatic hydroxyl groups is 1. The molecular weight excluding hydrogens is 420 g/mol. The lowest BCUT2D eigenvalue weighted by atomic mass is 10.1. The number of amides is 2. The zero-order valence-electron chi connectivity index (χ0n) is 19.8. The van der Waals surface area contributed by atoms with Gasteiger partial charge in [0.25, 0.3) is 0 Å². The molecule has 7 heteroatoms. The Hall–Kier alpha value is -3.06. The highest BCUT2D eigenvalue weighted by molar-refractivity contribution is 5.87. The molecule has 33 heavy (non-hydrogen) atoms. The Bertz CT molecular complexity index is 775. The number of hydrogen-bond acceptors (Lipinski definition) is 5. The van der Waals surface area contributed by atoms with E-state index in [0.717, 1.165) is 6.42 Å². The van der Waals surface area contributed by atoms with E-state index in [2.05, 4.69) is 17.6 Å². The third-order valence-corrected chi connectivity index (χ3v) is 4.60. The quantitative estimate of drug-likeness (QED) is 0.298. The Kier molecular flexibility index (Phi) is 15.7. The van der Waals surface area contributed by atoms with Crippen LogP contribution < -0.4 is 15.4 Å². The molecule has 0 saturated heterocycles.